The third kappa shape index (κ3) is 7.13. The van der Waals surface area contributed by atoms with Gasteiger partial charge in [-0.25, -0.2) is 0 Å². The molecule has 0 radical (unpaired) electrons. The highest BCUT2D eigenvalue weighted by atomic mass is 16.6. The molecule has 132 valence electrons. The summed E-state index contributed by atoms with van der Waals surface area (Å²) in [5.74, 6) is -1.60. The zero-order valence-corrected chi connectivity index (χ0v) is 13.4. The average Bonchev–Trinajstić information content (AvgIpc) is 2.57. The molecule has 0 saturated carbocycles. The number of benzene rings is 1. The molecule has 0 aromatic heterocycles. The Morgan fingerprint density at radius 1 is 1.28 bits per heavy atom. The van der Waals surface area contributed by atoms with Crippen molar-refractivity contribution in [2.24, 2.45) is 0 Å². The summed E-state index contributed by atoms with van der Waals surface area (Å²) in [5, 5.41) is 33.6. The fraction of sp³-hybridized carbons (Fsp3) is 0.312. The minimum Gasteiger partial charge on any atom is -0.481 e. The number of nitro benzene ring substituents is 1. The standard InChI is InChI=1S/C16H18N4O5/c17-10-12(11-18-9-5-1-2-8-15(21)22)16(23)19-13-6-3-4-7-14(13)20(24)25/h3-4,6-7,11,18H,1-2,5,8-9H2,(H,19,23)(H,21,22)/b12-11-. The Labute approximate surface area is 144 Å². The monoisotopic (exact) mass is 346 g/mol. The van der Waals surface area contributed by atoms with Gasteiger partial charge in [-0.05, 0) is 18.9 Å². The summed E-state index contributed by atoms with van der Waals surface area (Å²) in [4.78, 5) is 32.7. The molecular formula is C16H18N4O5. The van der Waals surface area contributed by atoms with E-state index in [1.54, 1.807) is 6.07 Å². The van der Waals surface area contributed by atoms with Crippen LogP contribution in [0.2, 0.25) is 0 Å². The minimum absolute atomic E-state index is 0.00678. The van der Waals surface area contributed by atoms with E-state index in [-0.39, 0.29) is 23.4 Å². The number of nitrogens with one attached hydrogen (secondary N) is 2. The maximum atomic E-state index is 12.0. The molecule has 0 saturated heterocycles. The molecule has 3 N–H and O–H groups in total. The van der Waals surface area contributed by atoms with Crippen LogP contribution in [0, 0.1) is 21.4 Å². The molecule has 0 aliphatic rings. The molecule has 25 heavy (non-hydrogen) atoms. The van der Waals surface area contributed by atoms with Gasteiger partial charge in [0.2, 0.25) is 0 Å². The van der Waals surface area contributed by atoms with E-state index < -0.39 is 16.8 Å². The first kappa shape index (κ1) is 19.6. The molecule has 0 heterocycles. The molecule has 1 aromatic rings. The molecule has 0 aliphatic heterocycles. The summed E-state index contributed by atoms with van der Waals surface area (Å²) in [6.07, 6.45) is 3.30. The summed E-state index contributed by atoms with van der Waals surface area (Å²) in [6.45, 7) is 0.476. The number of aliphatic carboxylic acids is 1. The number of anilines is 1. The Hall–Kier alpha value is -3.41. The first-order valence-electron chi connectivity index (χ1n) is 7.56. The van der Waals surface area contributed by atoms with E-state index in [0.29, 0.717) is 25.8 Å². The highest BCUT2D eigenvalue weighted by Crippen LogP contribution is 2.23. The predicted octanol–water partition coefficient (Wildman–Crippen LogP) is 2.18. The van der Waals surface area contributed by atoms with Crippen LogP contribution >= 0.6 is 0 Å². The van der Waals surface area contributed by atoms with E-state index in [9.17, 15) is 19.7 Å². The van der Waals surface area contributed by atoms with Crippen molar-refractivity contribution in [1.82, 2.24) is 5.32 Å². The number of unbranched alkanes of at least 4 members (excludes halogenated alkanes) is 2. The van der Waals surface area contributed by atoms with E-state index in [4.69, 9.17) is 10.4 Å². The normalized spacial score (nSPS) is 10.6. The van der Waals surface area contributed by atoms with Crippen LogP contribution in [0.15, 0.2) is 36.0 Å². The second-order valence-electron chi connectivity index (χ2n) is 5.06. The SMILES string of the molecule is N#C/C(=C/NCCCCCC(=O)O)C(=O)Nc1ccccc1[N+](=O)[O-]. The lowest BCUT2D eigenvalue weighted by Gasteiger charge is -2.05. The van der Waals surface area contributed by atoms with Crippen LogP contribution in [0.25, 0.3) is 0 Å². The van der Waals surface area contributed by atoms with Gasteiger partial charge >= 0.3 is 5.97 Å². The molecular weight excluding hydrogens is 328 g/mol. The zero-order chi connectivity index (χ0) is 18.7. The van der Waals surface area contributed by atoms with Crippen molar-refractivity contribution in [3.05, 3.63) is 46.2 Å². The lowest BCUT2D eigenvalue weighted by Crippen LogP contribution is -2.17. The summed E-state index contributed by atoms with van der Waals surface area (Å²) < 4.78 is 0. The highest BCUT2D eigenvalue weighted by Gasteiger charge is 2.16. The lowest BCUT2D eigenvalue weighted by molar-refractivity contribution is -0.383. The second kappa shape index (κ2) is 10.4. The molecule has 0 bridgehead atoms. The van der Waals surface area contributed by atoms with Gasteiger partial charge < -0.3 is 15.7 Å². The fourth-order valence-electron chi connectivity index (χ4n) is 1.93. The van der Waals surface area contributed by atoms with Gasteiger partial charge in [0, 0.05) is 25.2 Å². The number of nitrogens with zero attached hydrogens (tertiary/aromatic N) is 2. The topological polar surface area (TPSA) is 145 Å². The molecule has 0 atom stereocenters. The van der Waals surface area contributed by atoms with E-state index in [1.165, 1.54) is 30.5 Å². The zero-order valence-electron chi connectivity index (χ0n) is 13.4. The van der Waals surface area contributed by atoms with Gasteiger partial charge in [0.15, 0.2) is 0 Å². The number of hydrogen-bond donors (Lipinski definition) is 3. The fourth-order valence-corrected chi connectivity index (χ4v) is 1.93. The van der Waals surface area contributed by atoms with Gasteiger partial charge in [0.25, 0.3) is 11.6 Å². The van der Waals surface area contributed by atoms with Crippen LogP contribution in [0.3, 0.4) is 0 Å². The molecule has 0 fully saturated rings. The van der Waals surface area contributed by atoms with Gasteiger partial charge in [-0.15, -0.1) is 0 Å². The molecule has 0 unspecified atom stereocenters. The first-order chi connectivity index (χ1) is 12.0. The number of carbonyl (C=O) groups excluding carboxylic acids is 1. The number of amides is 1. The van der Waals surface area contributed by atoms with Gasteiger partial charge in [-0.3, -0.25) is 19.7 Å². The van der Waals surface area contributed by atoms with Crippen molar-refractivity contribution in [3.8, 4) is 6.07 Å². The first-order valence-corrected chi connectivity index (χ1v) is 7.56. The minimum atomic E-state index is -0.841. The van der Waals surface area contributed by atoms with E-state index in [0.717, 1.165) is 0 Å². The van der Waals surface area contributed by atoms with Crippen LogP contribution in [-0.4, -0.2) is 28.5 Å². The number of carbonyl (C=O) groups is 2. The molecule has 9 nitrogen and oxygen atoms in total. The molecule has 0 spiro atoms. The third-order valence-corrected chi connectivity index (χ3v) is 3.17. The molecule has 9 heteroatoms. The maximum Gasteiger partial charge on any atom is 0.303 e. The van der Waals surface area contributed by atoms with Crippen LogP contribution in [-0.2, 0) is 9.59 Å². The van der Waals surface area contributed by atoms with Gasteiger partial charge in [0.05, 0.1) is 4.92 Å². The van der Waals surface area contributed by atoms with E-state index in [2.05, 4.69) is 10.6 Å². The number of rotatable bonds is 10. The summed E-state index contributed by atoms with van der Waals surface area (Å²) in [5.41, 5.74) is -0.476. The quantitative estimate of drug-likeness (QED) is 0.193. The van der Waals surface area contributed by atoms with Crippen molar-refractivity contribution in [2.75, 3.05) is 11.9 Å². The Morgan fingerprint density at radius 3 is 2.64 bits per heavy atom. The smallest absolute Gasteiger partial charge is 0.303 e. The van der Waals surface area contributed by atoms with Crippen molar-refractivity contribution >= 4 is 23.3 Å². The number of carboxylic acids is 1. The number of carboxylic acid groups (broad SMARTS) is 1. The largest absolute Gasteiger partial charge is 0.481 e. The number of nitriles is 1. The van der Waals surface area contributed by atoms with Crippen molar-refractivity contribution in [2.45, 2.75) is 25.7 Å². The third-order valence-electron chi connectivity index (χ3n) is 3.17. The van der Waals surface area contributed by atoms with Crippen molar-refractivity contribution < 1.29 is 19.6 Å². The number of nitro groups is 1. The Morgan fingerprint density at radius 2 is 2.00 bits per heavy atom. The van der Waals surface area contributed by atoms with Crippen molar-refractivity contribution in [1.29, 1.82) is 5.26 Å². The molecule has 0 aliphatic carbocycles. The summed E-state index contributed by atoms with van der Waals surface area (Å²) in [6, 6.07) is 7.36. The Balaban J connectivity index is 2.54. The van der Waals surface area contributed by atoms with E-state index in [1.807, 2.05) is 0 Å². The lowest BCUT2D eigenvalue weighted by atomic mass is 10.2. The average molecular weight is 346 g/mol. The molecule has 1 amide bonds. The predicted molar refractivity (Wildman–Crippen MR) is 89.5 cm³/mol. The second-order valence-corrected chi connectivity index (χ2v) is 5.06. The van der Waals surface area contributed by atoms with E-state index >= 15 is 0 Å². The Kier molecular flexibility index (Phi) is 8.15. The van der Waals surface area contributed by atoms with Crippen LogP contribution in [0.1, 0.15) is 25.7 Å². The van der Waals surface area contributed by atoms with Gasteiger partial charge in [0.1, 0.15) is 17.3 Å². The number of para-hydroxylation sites is 2. The summed E-state index contributed by atoms with van der Waals surface area (Å²) in [7, 11) is 0. The summed E-state index contributed by atoms with van der Waals surface area (Å²) >= 11 is 0. The van der Waals surface area contributed by atoms with Crippen LogP contribution in [0.4, 0.5) is 11.4 Å². The number of hydrogen-bond acceptors (Lipinski definition) is 6. The molecule has 1 rings (SSSR count). The maximum absolute atomic E-state index is 12.0. The van der Waals surface area contributed by atoms with Gasteiger partial charge in [-0.2, -0.15) is 5.26 Å². The van der Waals surface area contributed by atoms with Crippen LogP contribution < -0.4 is 10.6 Å². The molecule has 1 aromatic carbocycles. The van der Waals surface area contributed by atoms with Crippen LogP contribution in [0.5, 0.6) is 0 Å². The van der Waals surface area contributed by atoms with Gasteiger partial charge in [-0.1, -0.05) is 18.6 Å². The highest BCUT2D eigenvalue weighted by molar-refractivity contribution is 6.07. The Bertz CT molecular complexity index is 709. The van der Waals surface area contributed by atoms with Crippen molar-refractivity contribution in [3.63, 3.8) is 0 Å².